The van der Waals surface area contributed by atoms with E-state index in [9.17, 15) is 4.39 Å². The van der Waals surface area contributed by atoms with Gasteiger partial charge in [-0.2, -0.15) is 0 Å². The molecule has 5 nitrogen and oxygen atoms in total. The van der Waals surface area contributed by atoms with E-state index in [0.29, 0.717) is 11.6 Å². The van der Waals surface area contributed by atoms with Crippen molar-refractivity contribution < 1.29 is 9.13 Å². The quantitative estimate of drug-likeness (QED) is 0.914. The van der Waals surface area contributed by atoms with Gasteiger partial charge in [0.1, 0.15) is 23.6 Å². The first-order chi connectivity index (χ1) is 11.8. The van der Waals surface area contributed by atoms with Crippen LogP contribution in [0.3, 0.4) is 0 Å². The van der Waals surface area contributed by atoms with Crippen LogP contribution in [0.15, 0.2) is 36.5 Å². The van der Waals surface area contributed by atoms with Crippen molar-refractivity contribution in [1.29, 1.82) is 0 Å². The summed E-state index contributed by atoms with van der Waals surface area (Å²) in [5.41, 5.74) is 0.919. The molecule has 1 saturated heterocycles. The highest BCUT2D eigenvalue weighted by Gasteiger charge is 2.29. The molecule has 0 bridgehead atoms. The fourth-order valence-electron chi connectivity index (χ4n) is 2.99. The van der Waals surface area contributed by atoms with Crippen LogP contribution < -0.4 is 5.32 Å². The summed E-state index contributed by atoms with van der Waals surface area (Å²) in [4.78, 5) is 11.1. The minimum Gasteiger partial charge on any atom is -0.369 e. The first kappa shape index (κ1) is 15.5. The fourth-order valence-corrected chi connectivity index (χ4v) is 2.99. The average Bonchev–Trinajstić information content (AvgIpc) is 3.42. The lowest BCUT2D eigenvalue weighted by molar-refractivity contribution is -0.0333. The minimum atomic E-state index is -0.353. The van der Waals surface area contributed by atoms with Crippen molar-refractivity contribution in [2.75, 3.05) is 31.6 Å². The van der Waals surface area contributed by atoms with Crippen LogP contribution in [0.4, 0.5) is 16.0 Å². The second kappa shape index (κ2) is 6.83. The fraction of sp³-hybridized carbons (Fsp3) is 0.444. The molecule has 1 unspecified atom stereocenters. The zero-order valence-corrected chi connectivity index (χ0v) is 13.5. The maximum absolute atomic E-state index is 12.9. The van der Waals surface area contributed by atoms with Gasteiger partial charge in [-0.15, -0.1) is 0 Å². The summed E-state index contributed by atoms with van der Waals surface area (Å²) in [5, 5.41) is 3.11. The van der Waals surface area contributed by atoms with Crippen LogP contribution in [-0.4, -0.2) is 41.1 Å². The molecule has 2 aromatic rings. The van der Waals surface area contributed by atoms with Crippen molar-refractivity contribution in [2.45, 2.75) is 18.9 Å². The lowest BCUT2D eigenvalue weighted by Crippen LogP contribution is -2.39. The molecule has 1 atom stereocenters. The Kier molecular flexibility index (Phi) is 4.40. The Bertz CT molecular complexity index is 690. The number of hydrogen-bond donors (Lipinski definition) is 1. The Morgan fingerprint density at radius 2 is 2.12 bits per heavy atom. The molecule has 2 fully saturated rings. The molecule has 4 rings (SSSR count). The van der Waals surface area contributed by atoms with E-state index in [4.69, 9.17) is 4.74 Å². The predicted molar refractivity (Wildman–Crippen MR) is 89.6 cm³/mol. The number of anilines is 2. The van der Waals surface area contributed by atoms with Gasteiger partial charge in [0.2, 0.25) is 0 Å². The molecule has 24 heavy (non-hydrogen) atoms. The number of pyridine rings is 2. The highest BCUT2D eigenvalue weighted by atomic mass is 19.1. The highest BCUT2D eigenvalue weighted by Crippen LogP contribution is 2.31. The Hall–Kier alpha value is -2.05. The van der Waals surface area contributed by atoms with E-state index in [1.165, 1.54) is 31.6 Å². The van der Waals surface area contributed by atoms with Gasteiger partial charge < -0.3 is 10.1 Å². The van der Waals surface area contributed by atoms with E-state index in [2.05, 4.69) is 20.2 Å². The molecule has 1 aliphatic carbocycles. The summed E-state index contributed by atoms with van der Waals surface area (Å²) in [6.45, 7) is 3.82. The van der Waals surface area contributed by atoms with Gasteiger partial charge in [0, 0.05) is 19.6 Å². The number of aromatic nitrogens is 2. The summed E-state index contributed by atoms with van der Waals surface area (Å²) < 4.78 is 18.9. The van der Waals surface area contributed by atoms with Gasteiger partial charge in [0.25, 0.3) is 0 Å². The van der Waals surface area contributed by atoms with Gasteiger partial charge in [-0.1, -0.05) is 6.07 Å². The molecule has 0 amide bonds. The van der Waals surface area contributed by atoms with E-state index >= 15 is 0 Å². The lowest BCUT2D eigenvalue weighted by Gasteiger charge is -2.32. The number of nitrogens with zero attached hydrogens (tertiary/aromatic N) is 3. The Balaban J connectivity index is 1.44. The molecule has 1 aliphatic heterocycles. The number of rotatable bonds is 5. The summed E-state index contributed by atoms with van der Waals surface area (Å²) in [6.07, 6.45) is 3.92. The van der Waals surface area contributed by atoms with Crippen LogP contribution >= 0.6 is 0 Å². The third-order valence-electron chi connectivity index (χ3n) is 4.45. The molecular weight excluding hydrogens is 307 g/mol. The van der Waals surface area contributed by atoms with Crippen LogP contribution in [0.5, 0.6) is 0 Å². The van der Waals surface area contributed by atoms with Gasteiger partial charge in [-0.05, 0) is 43.0 Å². The van der Waals surface area contributed by atoms with E-state index in [1.807, 2.05) is 18.2 Å². The summed E-state index contributed by atoms with van der Waals surface area (Å²) in [7, 11) is 0. The maximum atomic E-state index is 12.9. The zero-order valence-electron chi connectivity index (χ0n) is 13.5. The van der Waals surface area contributed by atoms with Crippen molar-refractivity contribution in [3.8, 4) is 0 Å². The van der Waals surface area contributed by atoms with Crippen molar-refractivity contribution in [3.63, 3.8) is 0 Å². The van der Waals surface area contributed by atoms with E-state index < -0.39 is 0 Å². The highest BCUT2D eigenvalue weighted by molar-refractivity contribution is 5.51. The molecule has 3 heterocycles. The summed E-state index contributed by atoms with van der Waals surface area (Å²) >= 11 is 0. The maximum Gasteiger partial charge on any atom is 0.141 e. The molecule has 0 spiro atoms. The van der Waals surface area contributed by atoms with Gasteiger partial charge >= 0.3 is 0 Å². The Morgan fingerprint density at radius 1 is 1.21 bits per heavy atom. The van der Waals surface area contributed by atoms with Crippen LogP contribution in [0, 0.1) is 11.7 Å². The lowest BCUT2D eigenvalue weighted by atomic mass is 10.1. The van der Waals surface area contributed by atoms with Crippen molar-refractivity contribution in [1.82, 2.24) is 14.9 Å². The van der Waals surface area contributed by atoms with Gasteiger partial charge in [-0.25, -0.2) is 14.4 Å². The second-order valence-electron chi connectivity index (χ2n) is 6.50. The molecule has 0 radical (unpaired) electrons. The van der Waals surface area contributed by atoms with Gasteiger partial charge in [0.15, 0.2) is 0 Å². The molecule has 1 saturated carbocycles. The van der Waals surface area contributed by atoms with Crippen molar-refractivity contribution in [2.24, 2.45) is 5.92 Å². The number of ether oxygens (including phenoxy) is 1. The van der Waals surface area contributed by atoms with Crippen LogP contribution in [0.2, 0.25) is 0 Å². The number of hydrogen-bond acceptors (Lipinski definition) is 5. The largest absolute Gasteiger partial charge is 0.369 e. The SMILES string of the molecule is Fc1ccc(Nc2cccc(C3CN(CC4CC4)CCO3)n2)nc1. The van der Waals surface area contributed by atoms with Gasteiger partial charge in [-0.3, -0.25) is 4.90 Å². The molecule has 126 valence electrons. The molecule has 2 aromatic heterocycles. The number of halogens is 1. The van der Waals surface area contributed by atoms with Crippen LogP contribution in [-0.2, 0) is 4.74 Å². The second-order valence-corrected chi connectivity index (χ2v) is 6.50. The first-order valence-corrected chi connectivity index (χ1v) is 8.46. The first-order valence-electron chi connectivity index (χ1n) is 8.46. The third-order valence-corrected chi connectivity index (χ3v) is 4.45. The van der Waals surface area contributed by atoms with E-state index in [-0.39, 0.29) is 11.9 Å². The normalized spacial score (nSPS) is 21.6. The third kappa shape index (κ3) is 3.88. The van der Waals surface area contributed by atoms with Crippen molar-refractivity contribution >= 4 is 11.6 Å². The molecule has 0 aromatic carbocycles. The van der Waals surface area contributed by atoms with Gasteiger partial charge in [0.05, 0.1) is 18.5 Å². The van der Waals surface area contributed by atoms with Crippen molar-refractivity contribution in [3.05, 3.63) is 48.0 Å². The average molecular weight is 328 g/mol. The Labute approximate surface area is 140 Å². The topological polar surface area (TPSA) is 50.3 Å². The van der Waals surface area contributed by atoms with E-state index in [1.54, 1.807) is 6.07 Å². The number of nitrogens with one attached hydrogen (secondary N) is 1. The minimum absolute atomic E-state index is 0.000395. The van der Waals surface area contributed by atoms with E-state index in [0.717, 1.165) is 31.3 Å². The smallest absolute Gasteiger partial charge is 0.141 e. The zero-order chi connectivity index (χ0) is 16.4. The number of morpholine rings is 1. The standard InChI is InChI=1S/C18H21FN4O/c19-14-6-7-17(20-10-14)22-18-3-1-2-15(21-18)16-12-23(8-9-24-16)11-13-4-5-13/h1-3,6-7,10,13,16H,4-5,8-9,11-12H2,(H,20,21,22). The Morgan fingerprint density at radius 3 is 2.92 bits per heavy atom. The molecular formula is C18H21FN4O. The van der Waals surface area contributed by atoms with Crippen LogP contribution in [0.1, 0.15) is 24.6 Å². The molecule has 1 N–H and O–H groups in total. The molecule has 2 aliphatic rings. The summed E-state index contributed by atoms with van der Waals surface area (Å²) in [5.74, 6) is 1.79. The predicted octanol–water partition coefficient (Wildman–Crippen LogP) is 3.14. The molecule has 6 heteroatoms. The monoisotopic (exact) mass is 328 g/mol. The van der Waals surface area contributed by atoms with Crippen LogP contribution in [0.25, 0.3) is 0 Å². The summed E-state index contributed by atoms with van der Waals surface area (Å²) in [6, 6.07) is 8.79.